The van der Waals surface area contributed by atoms with Crippen LogP contribution < -0.4 is 5.56 Å². The van der Waals surface area contributed by atoms with Crippen LogP contribution in [0.5, 0.6) is 0 Å². The van der Waals surface area contributed by atoms with Gasteiger partial charge in [-0.1, -0.05) is 23.7 Å². The van der Waals surface area contributed by atoms with Crippen molar-refractivity contribution in [2.75, 3.05) is 32.8 Å². The Bertz CT molecular complexity index is 948. The molecule has 0 unspecified atom stereocenters. The van der Waals surface area contributed by atoms with Gasteiger partial charge in [-0.2, -0.15) is 4.37 Å². The normalized spacial score (nSPS) is 15.6. The number of hydrogen-bond donors (Lipinski definition) is 0. The summed E-state index contributed by atoms with van der Waals surface area (Å²) in [6.07, 6.45) is 2.55. The molecule has 0 amide bonds. The second kappa shape index (κ2) is 7.84. The van der Waals surface area contributed by atoms with Gasteiger partial charge in [-0.25, -0.2) is 4.98 Å². The third-order valence-electron chi connectivity index (χ3n) is 4.54. The van der Waals surface area contributed by atoms with Crippen molar-refractivity contribution >= 4 is 33.4 Å². The molecule has 136 valence electrons. The minimum Gasteiger partial charge on any atom is -0.379 e. The second-order valence-corrected chi connectivity index (χ2v) is 7.48. The van der Waals surface area contributed by atoms with Gasteiger partial charge in [0.2, 0.25) is 0 Å². The lowest BCUT2D eigenvalue weighted by Crippen LogP contribution is -2.37. The molecule has 1 saturated heterocycles. The quantitative estimate of drug-likeness (QED) is 0.670. The van der Waals surface area contributed by atoms with Crippen molar-refractivity contribution in [3.05, 3.63) is 46.0 Å². The highest BCUT2D eigenvalue weighted by molar-refractivity contribution is 7.13. The van der Waals surface area contributed by atoms with Crippen molar-refractivity contribution in [1.82, 2.24) is 18.8 Å². The summed E-state index contributed by atoms with van der Waals surface area (Å²) >= 11 is 7.15. The van der Waals surface area contributed by atoms with Crippen LogP contribution in [0.4, 0.5) is 0 Å². The van der Waals surface area contributed by atoms with Crippen molar-refractivity contribution in [2.45, 2.75) is 13.0 Å². The Hall–Kier alpha value is -1.80. The van der Waals surface area contributed by atoms with E-state index in [1.165, 1.54) is 11.5 Å². The number of halogens is 1. The smallest absolute Gasteiger partial charge is 0.272 e. The molecule has 3 aromatic rings. The Kier molecular flexibility index (Phi) is 5.31. The van der Waals surface area contributed by atoms with Gasteiger partial charge in [-0.05, 0) is 30.1 Å². The van der Waals surface area contributed by atoms with Crippen LogP contribution >= 0.6 is 23.1 Å². The van der Waals surface area contributed by atoms with Crippen LogP contribution in [0.2, 0.25) is 5.02 Å². The van der Waals surface area contributed by atoms with Gasteiger partial charge < -0.3 is 4.74 Å². The summed E-state index contributed by atoms with van der Waals surface area (Å²) < 4.78 is 12.1. The molecule has 1 aliphatic heterocycles. The summed E-state index contributed by atoms with van der Waals surface area (Å²) in [6, 6.07) is 7.42. The molecular formula is C18H19ClN4O2S. The number of benzene rings is 1. The molecule has 4 rings (SSSR count). The minimum atomic E-state index is -0.0188. The summed E-state index contributed by atoms with van der Waals surface area (Å²) in [5.74, 6) is 0. The predicted octanol–water partition coefficient (Wildman–Crippen LogP) is 2.90. The highest BCUT2D eigenvalue weighted by Gasteiger charge is 2.15. The van der Waals surface area contributed by atoms with Gasteiger partial charge >= 0.3 is 0 Å². The van der Waals surface area contributed by atoms with E-state index < -0.39 is 0 Å². The number of nitrogens with zero attached hydrogens (tertiary/aromatic N) is 4. The maximum Gasteiger partial charge on any atom is 0.272 e. The average molecular weight is 391 g/mol. The SMILES string of the molecule is O=c1c2snc(-c3ccc(Cl)cc3)c2ncn1CCCN1CCOCC1. The van der Waals surface area contributed by atoms with E-state index in [1.54, 1.807) is 10.9 Å². The molecule has 6 nitrogen and oxygen atoms in total. The number of fused-ring (bicyclic) bond motifs is 1. The molecular weight excluding hydrogens is 372 g/mol. The molecule has 2 aromatic heterocycles. The van der Waals surface area contributed by atoms with E-state index in [2.05, 4.69) is 14.3 Å². The van der Waals surface area contributed by atoms with Gasteiger partial charge in [-0.3, -0.25) is 14.3 Å². The molecule has 0 bridgehead atoms. The molecule has 0 spiro atoms. The molecule has 0 atom stereocenters. The molecule has 0 aliphatic carbocycles. The van der Waals surface area contributed by atoms with Crippen LogP contribution in [-0.4, -0.2) is 51.7 Å². The molecule has 0 saturated carbocycles. The van der Waals surface area contributed by atoms with E-state index in [0.717, 1.165) is 50.5 Å². The third-order valence-corrected chi connectivity index (χ3v) is 5.62. The van der Waals surface area contributed by atoms with Crippen LogP contribution in [0, 0.1) is 0 Å². The zero-order valence-electron chi connectivity index (χ0n) is 14.2. The molecule has 26 heavy (non-hydrogen) atoms. The Morgan fingerprint density at radius 2 is 1.92 bits per heavy atom. The van der Waals surface area contributed by atoms with Crippen molar-refractivity contribution in [1.29, 1.82) is 0 Å². The zero-order chi connectivity index (χ0) is 17.9. The second-order valence-electron chi connectivity index (χ2n) is 6.27. The first-order valence-corrected chi connectivity index (χ1v) is 9.78. The third kappa shape index (κ3) is 3.66. The fourth-order valence-electron chi connectivity index (χ4n) is 3.10. The topological polar surface area (TPSA) is 60.2 Å². The fraction of sp³-hybridized carbons (Fsp3) is 0.389. The van der Waals surface area contributed by atoms with Crippen LogP contribution in [-0.2, 0) is 11.3 Å². The molecule has 1 aliphatic rings. The number of morpholine rings is 1. The maximum absolute atomic E-state index is 12.7. The molecule has 1 fully saturated rings. The van der Waals surface area contributed by atoms with E-state index in [9.17, 15) is 4.79 Å². The molecule has 0 N–H and O–H groups in total. The fourth-order valence-corrected chi connectivity index (χ4v) is 4.03. The first kappa shape index (κ1) is 17.6. The molecule has 8 heteroatoms. The standard InChI is InChI=1S/C18H19ClN4O2S/c19-14-4-2-13(3-5-14)15-16-17(26-21-15)18(24)23(12-20-16)7-1-6-22-8-10-25-11-9-22/h2-5,12H,1,6-11H2. The van der Waals surface area contributed by atoms with Gasteiger partial charge in [0.15, 0.2) is 0 Å². The predicted molar refractivity (Wildman–Crippen MR) is 104 cm³/mol. The number of ether oxygens (including phenoxy) is 1. The van der Waals surface area contributed by atoms with Crippen molar-refractivity contribution < 1.29 is 4.74 Å². The Morgan fingerprint density at radius 3 is 2.69 bits per heavy atom. The van der Waals surface area contributed by atoms with Gasteiger partial charge in [0.25, 0.3) is 5.56 Å². The van der Waals surface area contributed by atoms with E-state index in [0.29, 0.717) is 21.8 Å². The van der Waals surface area contributed by atoms with E-state index >= 15 is 0 Å². The number of aromatic nitrogens is 3. The molecule has 0 radical (unpaired) electrons. The zero-order valence-corrected chi connectivity index (χ0v) is 15.8. The van der Waals surface area contributed by atoms with Gasteiger partial charge in [0.05, 0.1) is 19.5 Å². The highest BCUT2D eigenvalue weighted by Crippen LogP contribution is 2.28. The van der Waals surface area contributed by atoms with E-state index in [-0.39, 0.29) is 5.56 Å². The number of aryl methyl sites for hydroxylation is 1. The number of rotatable bonds is 5. The van der Waals surface area contributed by atoms with Gasteiger partial charge in [-0.15, -0.1) is 0 Å². The summed E-state index contributed by atoms with van der Waals surface area (Å²) in [5.41, 5.74) is 2.29. The largest absolute Gasteiger partial charge is 0.379 e. The van der Waals surface area contributed by atoms with Crippen molar-refractivity contribution in [2.24, 2.45) is 0 Å². The van der Waals surface area contributed by atoms with Gasteiger partial charge in [0.1, 0.15) is 15.9 Å². The number of hydrogen-bond acceptors (Lipinski definition) is 6. The summed E-state index contributed by atoms with van der Waals surface area (Å²) in [6.45, 7) is 5.14. The Balaban J connectivity index is 1.52. The van der Waals surface area contributed by atoms with Crippen LogP contribution in [0.25, 0.3) is 21.5 Å². The lowest BCUT2D eigenvalue weighted by atomic mass is 10.1. The lowest BCUT2D eigenvalue weighted by Gasteiger charge is -2.26. The molecule has 1 aromatic carbocycles. The lowest BCUT2D eigenvalue weighted by molar-refractivity contribution is 0.0369. The van der Waals surface area contributed by atoms with Crippen LogP contribution in [0.3, 0.4) is 0 Å². The summed E-state index contributed by atoms with van der Waals surface area (Å²) in [5, 5.41) is 0.670. The summed E-state index contributed by atoms with van der Waals surface area (Å²) in [4.78, 5) is 19.6. The molecule has 3 heterocycles. The van der Waals surface area contributed by atoms with Crippen molar-refractivity contribution in [3.63, 3.8) is 0 Å². The summed E-state index contributed by atoms with van der Waals surface area (Å²) in [7, 11) is 0. The monoisotopic (exact) mass is 390 g/mol. The highest BCUT2D eigenvalue weighted by atomic mass is 35.5. The van der Waals surface area contributed by atoms with Gasteiger partial charge in [0, 0.05) is 36.8 Å². The van der Waals surface area contributed by atoms with Crippen LogP contribution in [0.15, 0.2) is 35.4 Å². The first-order valence-electron chi connectivity index (χ1n) is 8.63. The maximum atomic E-state index is 12.7. The van der Waals surface area contributed by atoms with E-state index in [1.807, 2.05) is 24.3 Å². The Morgan fingerprint density at radius 1 is 1.15 bits per heavy atom. The van der Waals surface area contributed by atoms with Crippen LogP contribution in [0.1, 0.15) is 6.42 Å². The van der Waals surface area contributed by atoms with Crippen molar-refractivity contribution in [3.8, 4) is 11.3 Å². The van der Waals surface area contributed by atoms with E-state index in [4.69, 9.17) is 16.3 Å². The first-order chi connectivity index (χ1) is 12.7. The Labute approximate surface area is 160 Å². The minimum absolute atomic E-state index is 0.0188. The average Bonchev–Trinajstić information content (AvgIpc) is 3.10.